The van der Waals surface area contributed by atoms with Crippen molar-refractivity contribution in [2.45, 2.75) is 0 Å². The van der Waals surface area contributed by atoms with Crippen LogP contribution in [0, 0.1) is 10.1 Å². The molecular weight excluding hydrogens is 62.0 g/mol. The molecule has 0 aliphatic carbocycles. The Morgan fingerprint density at radius 2 is 2.00 bits per heavy atom. The minimum atomic E-state index is -1.50. The Morgan fingerprint density at radius 1 is 2.00 bits per heavy atom. The fraction of sp³-hybridized carbons (Fsp3) is 0. The number of nitrogens with zero attached hydrogens (tertiary/aromatic N) is 1. The van der Waals surface area contributed by atoms with Crippen molar-refractivity contribution in [1.29, 1.82) is 0 Å². The topological polar surface area (TPSA) is 63.4 Å². The van der Waals surface area contributed by atoms with E-state index in [0.29, 0.717) is 0 Å². The molecule has 0 saturated carbocycles. The van der Waals surface area contributed by atoms with Crippen molar-refractivity contribution in [2.75, 3.05) is 0 Å². The summed E-state index contributed by atoms with van der Waals surface area (Å²) in [6.07, 6.45) is 0. The zero-order valence-corrected chi connectivity index (χ0v) is 1.71. The van der Waals surface area contributed by atoms with Gasteiger partial charge in [-0.1, -0.05) is 0 Å². The lowest BCUT2D eigenvalue weighted by Crippen LogP contribution is -1.81. The molecule has 0 rings (SSSR count). The third-order valence-electron chi connectivity index (χ3n) is 0. The van der Waals surface area contributed by atoms with Crippen molar-refractivity contribution >= 4 is 0 Å². The average Bonchev–Trinajstić information content (AvgIpc) is 0.811. The minimum Gasteiger partial charge on any atom is -0.328 e. The zero-order chi connectivity index (χ0) is 3.58. The smallest absolute Gasteiger partial charge is 0.291 e. The van der Waals surface area contributed by atoms with Crippen LogP contribution in [0.5, 0.6) is 0 Å². The molecule has 0 fully saturated rings. The summed E-state index contributed by atoms with van der Waals surface area (Å²) in [6.45, 7) is 0. The maximum Gasteiger partial charge on any atom is 0.291 e. The molecule has 0 bridgehead atoms. The fourth-order valence-electron chi connectivity index (χ4n) is 0. The van der Waals surface area contributed by atoms with Crippen LogP contribution in [-0.4, -0.2) is 10.3 Å². The van der Waals surface area contributed by atoms with Gasteiger partial charge in [-0.15, -0.1) is 10.1 Å². The van der Waals surface area contributed by atoms with Gasteiger partial charge in [-0.25, -0.2) is 0 Å². The van der Waals surface area contributed by atoms with Crippen molar-refractivity contribution in [3.05, 3.63) is 10.1 Å². The summed E-state index contributed by atoms with van der Waals surface area (Å²) in [7, 11) is 0. The first-order valence-corrected chi connectivity index (χ1v) is 0.565. The number of hydrogen-bond acceptors (Lipinski definition) is 2. The van der Waals surface area contributed by atoms with E-state index >= 15 is 0 Å². The Kier molecular flexibility index (Phi) is 0.524. The Hall–Kier alpha value is -0.800. The van der Waals surface area contributed by atoms with Gasteiger partial charge in [-0.3, -0.25) is 0 Å². The first-order valence-electron chi connectivity index (χ1n) is 0.565. The molecule has 0 aromatic carbocycles. The second-order valence-corrected chi connectivity index (χ2v) is 0.238. The number of hydrogen-bond donors (Lipinski definition) is 1. The van der Waals surface area contributed by atoms with Crippen molar-refractivity contribution in [3.63, 3.8) is 0 Å². The van der Waals surface area contributed by atoms with Gasteiger partial charge >= 0.3 is 0 Å². The monoisotopic (exact) mass is 63.0 g/mol. The van der Waals surface area contributed by atoms with Crippen LogP contribution in [0.1, 0.15) is 0 Å². The van der Waals surface area contributed by atoms with Crippen molar-refractivity contribution in [1.82, 2.24) is 0 Å². The van der Waals surface area contributed by atoms with Gasteiger partial charge in [0.05, 0.1) is 0 Å². The normalized spacial score (nSPS) is 6.00. The zero-order valence-electron chi connectivity index (χ0n) is 1.71. The molecule has 0 aromatic rings. The predicted octanol–water partition coefficient (Wildman–Crippen LogP) is -0.348. The van der Waals surface area contributed by atoms with Crippen LogP contribution in [0.15, 0.2) is 0 Å². The van der Waals surface area contributed by atoms with Crippen LogP contribution in [0.4, 0.5) is 0 Å². The van der Waals surface area contributed by atoms with E-state index in [0.717, 1.165) is 0 Å². The first-order chi connectivity index (χ1) is 1.73. The van der Waals surface area contributed by atoms with E-state index in [1.165, 1.54) is 0 Å². The van der Waals surface area contributed by atoms with Crippen LogP contribution >= 0.6 is 0 Å². The molecule has 0 heterocycles. The molecule has 0 spiro atoms. The lowest BCUT2D eigenvalue weighted by atomic mass is 13.1. The highest BCUT2D eigenvalue weighted by Crippen LogP contribution is 1.38. The summed E-state index contributed by atoms with van der Waals surface area (Å²) < 4.78 is 0. The summed E-state index contributed by atoms with van der Waals surface area (Å²) >= 11 is 0. The third kappa shape index (κ3) is 0.0750. The van der Waals surface area contributed by atoms with E-state index in [2.05, 4.69) is 0 Å². The Bertz CT molecular complexity index is 26.3. The average molecular weight is 63.0 g/mol. The molecule has 1 N–H and O–H groups in total. The lowest BCUT2D eigenvalue weighted by molar-refractivity contribution is -0.742. The highest BCUT2D eigenvalue weighted by Gasteiger charge is 1.65. The van der Waals surface area contributed by atoms with Crippen molar-refractivity contribution in [3.8, 4) is 0 Å². The lowest BCUT2D eigenvalue weighted by Gasteiger charge is -1.56. The van der Waals surface area contributed by atoms with Crippen LogP contribution in [0.2, 0.25) is 0 Å². The van der Waals surface area contributed by atoms with E-state index in [1.807, 2.05) is 0 Å². The standard InChI is InChI=1S/HNO3/c2-1(3)4/h(H,2,3,4)/i1+0. The molecule has 24 valence electrons. The van der Waals surface area contributed by atoms with Gasteiger partial charge in [0.25, 0.3) is 5.09 Å². The molecule has 4 nitrogen and oxygen atoms in total. The van der Waals surface area contributed by atoms with E-state index in [1.54, 1.807) is 0 Å². The Balaban J connectivity index is 2.80. The molecule has 0 aromatic heterocycles. The maximum absolute atomic E-state index is 8.36. The van der Waals surface area contributed by atoms with Gasteiger partial charge in [-0.05, 0) is 0 Å². The van der Waals surface area contributed by atoms with E-state index in [4.69, 9.17) is 15.3 Å². The molecule has 0 amide bonds. The number of rotatable bonds is 0. The van der Waals surface area contributed by atoms with Crippen LogP contribution < -0.4 is 0 Å². The Labute approximate surface area is 21.8 Å². The molecule has 4 heavy (non-hydrogen) atoms. The van der Waals surface area contributed by atoms with Gasteiger partial charge in [0.1, 0.15) is 0 Å². The van der Waals surface area contributed by atoms with E-state index in [-0.39, 0.29) is 0 Å². The first kappa shape index (κ1) is 3.20. The van der Waals surface area contributed by atoms with Crippen LogP contribution in [-0.2, 0) is 0 Å². The molecule has 0 radical (unpaired) electrons. The van der Waals surface area contributed by atoms with Crippen LogP contribution in [0.25, 0.3) is 0 Å². The molecule has 0 unspecified atom stereocenters. The predicted molar refractivity (Wildman–Crippen MR) is 8.78 cm³/mol. The van der Waals surface area contributed by atoms with E-state index in [9.17, 15) is 0 Å². The fourth-order valence-corrected chi connectivity index (χ4v) is 0. The molecular formula is HNO3. The minimum absolute atomic E-state index is 1.50. The maximum atomic E-state index is 8.36. The highest BCUT2D eigenvalue weighted by atomic mass is 16.9. The van der Waals surface area contributed by atoms with Gasteiger partial charge in [0.2, 0.25) is 0 Å². The van der Waals surface area contributed by atoms with Gasteiger partial charge in [0.15, 0.2) is 0 Å². The largest absolute Gasteiger partial charge is 0.328 e. The molecule has 0 atom stereocenters. The van der Waals surface area contributed by atoms with E-state index < -0.39 is 5.09 Å². The quantitative estimate of drug-likeness (QED) is 0.309. The second-order valence-electron chi connectivity index (χ2n) is 0.238. The van der Waals surface area contributed by atoms with Crippen LogP contribution in [0.3, 0.4) is 0 Å². The van der Waals surface area contributed by atoms with Crippen molar-refractivity contribution < 1.29 is 10.3 Å². The molecule has 0 saturated heterocycles. The summed E-state index contributed by atoms with van der Waals surface area (Å²) in [5.74, 6) is 0. The Morgan fingerprint density at radius 3 is 2.00 bits per heavy atom. The summed E-state index contributed by atoms with van der Waals surface area (Å²) in [5, 5.41) is 13.6. The molecule has 4 heteroatoms. The second kappa shape index (κ2) is 0.655. The highest BCUT2D eigenvalue weighted by molar-refractivity contribution is 3.83. The third-order valence-corrected chi connectivity index (χ3v) is 0. The summed E-state index contributed by atoms with van der Waals surface area (Å²) in [4.78, 5) is 8.36. The summed E-state index contributed by atoms with van der Waals surface area (Å²) in [6, 6.07) is 0. The van der Waals surface area contributed by atoms with Crippen molar-refractivity contribution in [2.24, 2.45) is 0 Å². The molecule has 0 aliphatic rings. The molecule has 0 aliphatic heterocycles. The van der Waals surface area contributed by atoms with Gasteiger partial charge < -0.3 is 5.21 Å². The van der Waals surface area contributed by atoms with Gasteiger partial charge in [-0.2, -0.15) is 0 Å². The summed E-state index contributed by atoms with van der Waals surface area (Å²) in [5.41, 5.74) is 0. The SMILES string of the molecule is O=[14N+]([O-])O. The van der Waals surface area contributed by atoms with Gasteiger partial charge in [0, 0.05) is 0 Å².